The summed E-state index contributed by atoms with van der Waals surface area (Å²) in [5.74, 6) is 0.847. The zero-order valence-electron chi connectivity index (χ0n) is 19.2. The molecule has 0 N–H and O–H groups in total. The van der Waals surface area contributed by atoms with Gasteiger partial charge in [0.05, 0.1) is 6.10 Å². The van der Waals surface area contributed by atoms with Crippen molar-refractivity contribution in [3.63, 3.8) is 0 Å². The van der Waals surface area contributed by atoms with Gasteiger partial charge in [0.1, 0.15) is 5.82 Å². The third-order valence-corrected chi connectivity index (χ3v) is 7.03. The van der Waals surface area contributed by atoms with Gasteiger partial charge in [0.2, 0.25) is 0 Å². The molecule has 1 saturated carbocycles. The van der Waals surface area contributed by atoms with Gasteiger partial charge in [-0.25, -0.2) is 4.39 Å². The molecule has 32 heavy (non-hydrogen) atoms. The third-order valence-electron chi connectivity index (χ3n) is 7.03. The first-order chi connectivity index (χ1) is 15.6. The summed E-state index contributed by atoms with van der Waals surface area (Å²) >= 11 is 0. The van der Waals surface area contributed by atoms with Crippen molar-refractivity contribution < 1.29 is 9.13 Å². The molecule has 1 nitrogen and oxygen atoms in total. The molecule has 0 amide bonds. The number of ether oxygens (including phenoxy) is 1. The molecule has 0 saturated heterocycles. The summed E-state index contributed by atoms with van der Waals surface area (Å²) in [6, 6.07) is 22.7. The average molecular weight is 429 g/mol. The van der Waals surface area contributed by atoms with E-state index in [2.05, 4.69) is 74.2 Å². The molecule has 0 aliphatic heterocycles. The van der Waals surface area contributed by atoms with Crippen molar-refractivity contribution >= 4 is 0 Å². The molecule has 1 aliphatic rings. The highest BCUT2D eigenvalue weighted by molar-refractivity contribution is 5.70. The number of benzene rings is 3. The Balaban J connectivity index is 1.48. The number of hydrogen-bond donors (Lipinski definition) is 0. The van der Waals surface area contributed by atoms with E-state index in [9.17, 15) is 4.39 Å². The largest absolute Gasteiger partial charge is 0.377 e. The summed E-state index contributed by atoms with van der Waals surface area (Å²) in [7, 11) is 1.75. The predicted octanol–water partition coefficient (Wildman–Crippen LogP) is 8.72. The van der Waals surface area contributed by atoms with Gasteiger partial charge < -0.3 is 4.74 Å². The Morgan fingerprint density at radius 1 is 0.875 bits per heavy atom. The van der Waals surface area contributed by atoms with Crippen molar-refractivity contribution in [2.45, 2.75) is 51.0 Å². The van der Waals surface area contributed by atoms with Crippen molar-refractivity contribution in [1.82, 2.24) is 0 Å². The van der Waals surface area contributed by atoms with E-state index < -0.39 is 0 Å². The van der Waals surface area contributed by atoms with Crippen LogP contribution in [-0.2, 0) is 4.74 Å². The molecule has 1 atom stereocenters. The topological polar surface area (TPSA) is 9.23 Å². The Bertz CT molecular complexity index is 1020. The second kappa shape index (κ2) is 10.3. The standard InChI is InChI=1S/C30H33FO/c1-4-21-6-8-25(9-7-21)28-19-18-27(20-29(28)31)24-12-10-22(11-13-24)23-14-16-26(17-15-23)30(5-2)32-3/h4,10-21,25,30H,1,5-9H2,2-3H3/t21-,25-,30?. The van der Waals surface area contributed by atoms with Gasteiger partial charge in [-0.3, -0.25) is 0 Å². The normalized spacial score (nSPS) is 19.5. The van der Waals surface area contributed by atoms with Gasteiger partial charge in [0, 0.05) is 7.11 Å². The summed E-state index contributed by atoms with van der Waals surface area (Å²) in [5, 5.41) is 0. The number of halogens is 1. The van der Waals surface area contributed by atoms with Crippen molar-refractivity contribution in [1.29, 1.82) is 0 Å². The van der Waals surface area contributed by atoms with Crippen LogP contribution < -0.4 is 0 Å². The molecule has 0 aromatic heterocycles. The van der Waals surface area contributed by atoms with E-state index in [0.717, 1.165) is 54.4 Å². The first kappa shape index (κ1) is 22.5. The van der Waals surface area contributed by atoms with Crippen LogP contribution in [0, 0.1) is 11.7 Å². The fourth-order valence-corrected chi connectivity index (χ4v) is 4.99. The molecule has 3 aromatic rings. The van der Waals surface area contributed by atoms with Crippen LogP contribution in [0.3, 0.4) is 0 Å². The van der Waals surface area contributed by atoms with Crippen molar-refractivity contribution in [2.24, 2.45) is 5.92 Å². The lowest BCUT2D eigenvalue weighted by Gasteiger charge is -2.27. The van der Waals surface area contributed by atoms with Gasteiger partial charge in [-0.2, -0.15) is 0 Å². The molecule has 2 heteroatoms. The van der Waals surface area contributed by atoms with Crippen LogP contribution in [0.2, 0.25) is 0 Å². The summed E-state index contributed by atoms with van der Waals surface area (Å²) in [4.78, 5) is 0. The van der Waals surface area contributed by atoms with Crippen molar-refractivity contribution in [3.8, 4) is 22.3 Å². The average Bonchev–Trinajstić information content (AvgIpc) is 2.85. The smallest absolute Gasteiger partial charge is 0.127 e. The van der Waals surface area contributed by atoms with Crippen molar-refractivity contribution in [2.75, 3.05) is 7.11 Å². The second-order valence-corrected chi connectivity index (χ2v) is 8.92. The molecule has 0 heterocycles. The minimum atomic E-state index is -0.0761. The Morgan fingerprint density at radius 2 is 1.41 bits per heavy atom. The fourth-order valence-electron chi connectivity index (χ4n) is 4.99. The van der Waals surface area contributed by atoms with Crippen LogP contribution in [-0.4, -0.2) is 7.11 Å². The highest BCUT2D eigenvalue weighted by Crippen LogP contribution is 2.38. The molecule has 0 spiro atoms. The van der Waals surface area contributed by atoms with Crippen LogP contribution in [0.25, 0.3) is 22.3 Å². The Labute approximate surface area is 192 Å². The maximum absolute atomic E-state index is 15.0. The quantitative estimate of drug-likeness (QED) is 0.342. The maximum atomic E-state index is 15.0. The lowest BCUT2D eigenvalue weighted by molar-refractivity contribution is 0.100. The molecule has 1 fully saturated rings. The van der Waals surface area contributed by atoms with Crippen LogP contribution in [0.15, 0.2) is 79.4 Å². The highest BCUT2D eigenvalue weighted by atomic mass is 19.1. The first-order valence-electron chi connectivity index (χ1n) is 11.8. The Hall–Kier alpha value is -2.71. The van der Waals surface area contributed by atoms with E-state index in [1.165, 1.54) is 11.1 Å². The van der Waals surface area contributed by atoms with Gasteiger partial charge in [-0.1, -0.05) is 73.7 Å². The summed E-state index contributed by atoms with van der Waals surface area (Å²) in [6.45, 7) is 6.04. The van der Waals surface area contributed by atoms with Gasteiger partial charge in [0.25, 0.3) is 0 Å². The van der Waals surface area contributed by atoms with Crippen LogP contribution in [0.4, 0.5) is 4.39 Å². The van der Waals surface area contributed by atoms with Gasteiger partial charge in [-0.15, -0.1) is 6.58 Å². The number of rotatable bonds is 7. The van der Waals surface area contributed by atoms with E-state index in [-0.39, 0.29) is 11.9 Å². The molecule has 0 bridgehead atoms. The van der Waals surface area contributed by atoms with Crippen LogP contribution >= 0.6 is 0 Å². The monoisotopic (exact) mass is 428 g/mol. The van der Waals surface area contributed by atoms with Crippen molar-refractivity contribution in [3.05, 3.63) is 96.3 Å². The first-order valence-corrected chi connectivity index (χ1v) is 11.8. The lowest BCUT2D eigenvalue weighted by atomic mass is 9.78. The predicted molar refractivity (Wildman–Crippen MR) is 132 cm³/mol. The molecule has 0 radical (unpaired) electrons. The Kier molecular flexibility index (Phi) is 7.22. The summed E-state index contributed by atoms with van der Waals surface area (Å²) < 4.78 is 20.5. The molecule has 1 aliphatic carbocycles. The van der Waals surface area contributed by atoms with Crippen LogP contribution in [0.1, 0.15) is 62.2 Å². The number of hydrogen-bond acceptors (Lipinski definition) is 1. The fraction of sp³-hybridized carbons (Fsp3) is 0.333. The maximum Gasteiger partial charge on any atom is 0.127 e. The molecule has 3 aromatic carbocycles. The third kappa shape index (κ3) is 4.86. The minimum Gasteiger partial charge on any atom is -0.377 e. The summed E-state index contributed by atoms with van der Waals surface area (Å²) in [6.07, 6.45) is 7.46. The van der Waals surface area contributed by atoms with E-state index in [1.54, 1.807) is 13.2 Å². The molecular weight excluding hydrogens is 395 g/mol. The molecule has 166 valence electrons. The second-order valence-electron chi connectivity index (χ2n) is 8.92. The van der Waals surface area contributed by atoms with E-state index in [1.807, 2.05) is 6.07 Å². The van der Waals surface area contributed by atoms with E-state index in [4.69, 9.17) is 4.74 Å². The minimum absolute atomic E-state index is 0.0761. The number of allylic oxidation sites excluding steroid dienone is 1. The number of methoxy groups -OCH3 is 1. The van der Waals surface area contributed by atoms with E-state index >= 15 is 0 Å². The van der Waals surface area contributed by atoms with E-state index in [0.29, 0.717) is 11.8 Å². The van der Waals surface area contributed by atoms with Crippen LogP contribution in [0.5, 0.6) is 0 Å². The molecular formula is C30H33FO. The van der Waals surface area contributed by atoms with Gasteiger partial charge in [0.15, 0.2) is 0 Å². The zero-order valence-corrected chi connectivity index (χ0v) is 19.2. The SMILES string of the molecule is C=C[C@H]1CC[C@H](c2ccc(-c3ccc(-c4ccc(C(CC)OC)cc4)cc3)cc2F)CC1. The Morgan fingerprint density at radius 3 is 1.91 bits per heavy atom. The summed E-state index contributed by atoms with van der Waals surface area (Å²) in [5.41, 5.74) is 6.36. The zero-order chi connectivity index (χ0) is 22.5. The highest BCUT2D eigenvalue weighted by Gasteiger charge is 2.23. The molecule has 1 unspecified atom stereocenters. The van der Waals surface area contributed by atoms with Gasteiger partial charge in [-0.05, 0) is 83.4 Å². The van der Waals surface area contributed by atoms with Gasteiger partial charge >= 0.3 is 0 Å². The lowest BCUT2D eigenvalue weighted by Crippen LogP contribution is -2.12. The molecule has 4 rings (SSSR count).